The van der Waals surface area contributed by atoms with Gasteiger partial charge in [0.2, 0.25) is 0 Å². The fraction of sp³-hybridized carbons (Fsp3) is 1.00. The Balaban J connectivity index is 2.00. The van der Waals surface area contributed by atoms with Gasteiger partial charge in [0.15, 0.2) is 0 Å². The summed E-state index contributed by atoms with van der Waals surface area (Å²) in [5.74, 6) is 6.39. The van der Waals surface area contributed by atoms with Crippen LogP contribution in [0.5, 0.6) is 0 Å². The molecule has 2 nitrogen and oxygen atoms in total. The van der Waals surface area contributed by atoms with Crippen molar-refractivity contribution < 1.29 is 0 Å². The average molecular weight is 198 g/mol. The lowest BCUT2D eigenvalue weighted by atomic mass is 9.96. The van der Waals surface area contributed by atoms with Crippen molar-refractivity contribution in [2.75, 3.05) is 0 Å². The van der Waals surface area contributed by atoms with E-state index >= 15 is 0 Å². The third-order valence-corrected chi connectivity index (χ3v) is 3.55. The summed E-state index contributed by atoms with van der Waals surface area (Å²) >= 11 is 0. The molecular formula is C12H26N2. The Kier molecular flexibility index (Phi) is 6.20. The molecule has 3 N–H and O–H groups in total. The summed E-state index contributed by atoms with van der Waals surface area (Å²) in [5.41, 5.74) is 2.97. The Morgan fingerprint density at radius 2 is 1.93 bits per heavy atom. The largest absolute Gasteiger partial charge is 0.271 e. The van der Waals surface area contributed by atoms with Crippen LogP contribution in [-0.4, -0.2) is 6.04 Å². The fourth-order valence-electron chi connectivity index (χ4n) is 2.61. The Bertz CT molecular complexity index is 136. The second kappa shape index (κ2) is 7.24. The van der Waals surface area contributed by atoms with E-state index in [0.29, 0.717) is 6.04 Å². The molecule has 0 aliphatic heterocycles. The van der Waals surface area contributed by atoms with Gasteiger partial charge in [0.1, 0.15) is 0 Å². The minimum atomic E-state index is 0.612. The maximum atomic E-state index is 5.53. The van der Waals surface area contributed by atoms with Gasteiger partial charge in [0, 0.05) is 6.04 Å². The van der Waals surface area contributed by atoms with Gasteiger partial charge in [-0.25, -0.2) is 0 Å². The number of hydrogen-bond acceptors (Lipinski definition) is 2. The van der Waals surface area contributed by atoms with E-state index in [-0.39, 0.29) is 0 Å². The van der Waals surface area contributed by atoms with E-state index in [1.807, 2.05) is 0 Å². The molecule has 1 saturated carbocycles. The highest BCUT2D eigenvalue weighted by Gasteiger charge is 2.25. The molecular weight excluding hydrogens is 172 g/mol. The number of unbranched alkanes of at least 4 members (excludes halogenated alkanes) is 4. The quantitative estimate of drug-likeness (QED) is 0.375. The number of hydrogen-bond donors (Lipinski definition) is 2. The molecule has 0 amide bonds. The molecule has 1 fully saturated rings. The number of rotatable bonds is 7. The highest BCUT2D eigenvalue weighted by molar-refractivity contribution is 4.81. The molecule has 0 aromatic heterocycles. The monoisotopic (exact) mass is 198 g/mol. The molecule has 2 atom stereocenters. The lowest BCUT2D eigenvalue weighted by Gasteiger charge is -2.18. The van der Waals surface area contributed by atoms with Crippen molar-refractivity contribution >= 4 is 0 Å². The van der Waals surface area contributed by atoms with Crippen molar-refractivity contribution in [1.29, 1.82) is 0 Å². The molecule has 0 radical (unpaired) electrons. The van der Waals surface area contributed by atoms with Gasteiger partial charge in [-0.05, 0) is 25.2 Å². The molecule has 14 heavy (non-hydrogen) atoms. The van der Waals surface area contributed by atoms with E-state index in [4.69, 9.17) is 5.84 Å². The zero-order valence-electron chi connectivity index (χ0n) is 9.60. The lowest BCUT2D eigenvalue weighted by Crippen LogP contribution is -2.37. The first-order valence-corrected chi connectivity index (χ1v) is 6.34. The van der Waals surface area contributed by atoms with Gasteiger partial charge in [-0.15, -0.1) is 0 Å². The summed E-state index contributed by atoms with van der Waals surface area (Å²) in [6.07, 6.45) is 12.4. The van der Waals surface area contributed by atoms with Crippen LogP contribution in [-0.2, 0) is 0 Å². The van der Waals surface area contributed by atoms with E-state index in [1.165, 1.54) is 57.8 Å². The number of nitrogens with one attached hydrogen (secondary N) is 1. The van der Waals surface area contributed by atoms with Crippen LogP contribution in [0.2, 0.25) is 0 Å². The molecule has 2 heteroatoms. The zero-order valence-corrected chi connectivity index (χ0v) is 9.60. The lowest BCUT2D eigenvalue weighted by molar-refractivity contribution is 0.370. The van der Waals surface area contributed by atoms with Gasteiger partial charge >= 0.3 is 0 Å². The van der Waals surface area contributed by atoms with E-state index in [0.717, 1.165) is 5.92 Å². The molecule has 0 heterocycles. The van der Waals surface area contributed by atoms with Crippen molar-refractivity contribution in [3.8, 4) is 0 Å². The van der Waals surface area contributed by atoms with Gasteiger partial charge in [0.05, 0.1) is 0 Å². The fourth-order valence-corrected chi connectivity index (χ4v) is 2.61. The average Bonchev–Trinajstić information content (AvgIpc) is 2.65. The Hall–Kier alpha value is -0.0800. The Labute approximate surface area is 88.6 Å². The smallest absolute Gasteiger partial charge is 0.0238 e. The Morgan fingerprint density at radius 1 is 1.14 bits per heavy atom. The highest BCUT2D eigenvalue weighted by Crippen LogP contribution is 2.29. The van der Waals surface area contributed by atoms with Gasteiger partial charge in [-0.2, -0.15) is 0 Å². The van der Waals surface area contributed by atoms with E-state index in [9.17, 15) is 0 Å². The van der Waals surface area contributed by atoms with Crippen molar-refractivity contribution in [2.45, 2.75) is 70.8 Å². The first-order chi connectivity index (χ1) is 6.88. The molecule has 0 unspecified atom stereocenters. The van der Waals surface area contributed by atoms with Crippen LogP contribution in [0.15, 0.2) is 0 Å². The maximum Gasteiger partial charge on any atom is 0.0238 e. The van der Waals surface area contributed by atoms with Crippen LogP contribution in [0.1, 0.15) is 64.7 Å². The van der Waals surface area contributed by atoms with Gasteiger partial charge in [-0.3, -0.25) is 11.3 Å². The minimum Gasteiger partial charge on any atom is -0.271 e. The third kappa shape index (κ3) is 3.97. The predicted molar refractivity (Wildman–Crippen MR) is 61.8 cm³/mol. The van der Waals surface area contributed by atoms with Crippen molar-refractivity contribution in [2.24, 2.45) is 11.8 Å². The summed E-state index contributed by atoms with van der Waals surface area (Å²) in [6, 6.07) is 0.612. The van der Waals surface area contributed by atoms with Crippen molar-refractivity contribution in [1.82, 2.24) is 5.43 Å². The molecule has 1 rings (SSSR count). The predicted octanol–water partition coefficient (Wildman–Crippen LogP) is 2.98. The molecule has 0 bridgehead atoms. The van der Waals surface area contributed by atoms with Crippen LogP contribution < -0.4 is 11.3 Å². The molecule has 0 aromatic rings. The van der Waals surface area contributed by atoms with E-state index < -0.39 is 0 Å². The summed E-state index contributed by atoms with van der Waals surface area (Å²) in [5, 5.41) is 0. The SMILES string of the molecule is CCCCCCC[C@@H]1CCC[C@H]1NN. The molecule has 1 aliphatic carbocycles. The van der Waals surface area contributed by atoms with E-state index in [1.54, 1.807) is 0 Å². The Morgan fingerprint density at radius 3 is 2.64 bits per heavy atom. The first kappa shape index (κ1) is 12.0. The minimum absolute atomic E-state index is 0.612. The summed E-state index contributed by atoms with van der Waals surface area (Å²) in [6.45, 7) is 2.27. The van der Waals surface area contributed by atoms with Gasteiger partial charge in [-0.1, -0.05) is 45.4 Å². The third-order valence-electron chi connectivity index (χ3n) is 3.55. The first-order valence-electron chi connectivity index (χ1n) is 6.34. The normalized spacial score (nSPS) is 27.0. The van der Waals surface area contributed by atoms with Crippen LogP contribution in [0.3, 0.4) is 0 Å². The summed E-state index contributed by atoms with van der Waals surface area (Å²) < 4.78 is 0. The van der Waals surface area contributed by atoms with Crippen molar-refractivity contribution in [3.05, 3.63) is 0 Å². The summed E-state index contributed by atoms with van der Waals surface area (Å²) in [4.78, 5) is 0. The molecule has 0 aromatic carbocycles. The standard InChI is InChI=1S/C12H26N2/c1-2-3-4-5-6-8-11-9-7-10-12(11)14-13/h11-12,14H,2-10,13H2,1H3/t11-,12-/m1/s1. The number of nitrogens with two attached hydrogens (primary N) is 1. The van der Waals surface area contributed by atoms with Crippen LogP contribution in [0.25, 0.3) is 0 Å². The zero-order chi connectivity index (χ0) is 10.2. The summed E-state index contributed by atoms with van der Waals surface area (Å²) in [7, 11) is 0. The maximum absolute atomic E-state index is 5.53. The van der Waals surface area contributed by atoms with Crippen molar-refractivity contribution in [3.63, 3.8) is 0 Å². The molecule has 0 spiro atoms. The molecule has 84 valence electrons. The molecule has 0 saturated heterocycles. The molecule has 1 aliphatic rings. The highest BCUT2D eigenvalue weighted by atomic mass is 15.2. The van der Waals surface area contributed by atoms with Gasteiger partial charge in [0.25, 0.3) is 0 Å². The second-order valence-electron chi connectivity index (χ2n) is 4.67. The van der Waals surface area contributed by atoms with Crippen LogP contribution in [0, 0.1) is 5.92 Å². The van der Waals surface area contributed by atoms with Crippen LogP contribution >= 0.6 is 0 Å². The van der Waals surface area contributed by atoms with E-state index in [2.05, 4.69) is 12.3 Å². The topological polar surface area (TPSA) is 38.0 Å². The van der Waals surface area contributed by atoms with Gasteiger partial charge < -0.3 is 0 Å². The second-order valence-corrected chi connectivity index (χ2v) is 4.67. The van der Waals surface area contributed by atoms with Crippen LogP contribution in [0.4, 0.5) is 0 Å². The number of hydrazine groups is 1.